The molecule has 2 atom stereocenters. The van der Waals surface area contributed by atoms with Crippen LogP contribution in [0.3, 0.4) is 0 Å². The molecule has 0 aliphatic carbocycles. The van der Waals surface area contributed by atoms with Crippen LogP contribution in [0, 0.1) is 5.92 Å². The minimum Gasteiger partial charge on any atom is -0.370 e. The quantitative estimate of drug-likeness (QED) is 0.795. The lowest BCUT2D eigenvalue weighted by molar-refractivity contribution is 0.246. The molecule has 1 fully saturated rings. The average Bonchev–Trinajstić information content (AvgIpc) is 2.75. The molecule has 0 radical (unpaired) electrons. The number of aromatic nitrogens is 1. The molecule has 0 N–H and O–H groups in total. The van der Waals surface area contributed by atoms with Gasteiger partial charge in [0.2, 0.25) is 0 Å². The maximum Gasteiger partial charge on any atom is 0.0397 e. The molecular formula is C14H23N3. The molecule has 0 unspecified atom stereocenters. The first-order chi connectivity index (χ1) is 8.22. The Morgan fingerprint density at radius 1 is 1.29 bits per heavy atom. The van der Waals surface area contributed by atoms with E-state index in [0.717, 1.165) is 12.5 Å². The van der Waals surface area contributed by atoms with Crippen molar-refractivity contribution in [3.05, 3.63) is 24.5 Å². The predicted molar refractivity (Wildman–Crippen MR) is 72.3 cm³/mol. The van der Waals surface area contributed by atoms with Gasteiger partial charge >= 0.3 is 0 Å². The summed E-state index contributed by atoms with van der Waals surface area (Å²) in [4.78, 5) is 8.96. The zero-order chi connectivity index (χ0) is 12.3. The van der Waals surface area contributed by atoms with Gasteiger partial charge in [-0.15, -0.1) is 0 Å². The maximum atomic E-state index is 4.09. The summed E-state index contributed by atoms with van der Waals surface area (Å²) in [6, 6.07) is 4.91. The highest BCUT2D eigenvalue weighted by Crippen LogP contribution is 2.28. The Labute approximate surface area is 104 Å². The lowest BCUT2D eigenvalue weighted by Crippen LogP contribution is -2.35. The van der Waals surface area contributed by atoms with Crippen LogP contribution in [0.5, 0.6) is 0 Å². The van der Waals surface area contributed by atoms with E-state index < -0.39 is 0 Å². The minimum atomic E-state index is 0.683. The molecule has 0 bridgehead atoms. The highest BCUT2D eigenvalue weighted by atomic mass is 15.2. The molecule has 2 heterocycles. The van der Waals surface area contributed by atoms with Crippen molar-refractivity contribution in [2.45, 2.75) is 25.8 Å². The number of rotatable bonds is 4. The molecule has 0 amide bonds. The number of hydrogen-bond donors (Lipinski definition) is 0. The van der Waals surface area contributed by atoms with Crippen LogP contribution >= 0.6 is 0 Å². The smallest absolute Gasteiger partial charge is 0.0397 e. The summed E-state index contributed by atoms with van der Waals surface area (Å²) in [7, 11) is 4.40. The van der Waals surface area contributed by atoms with Crippen molar-refractivity contribution < 1.29 is 0 Å². The topological polar surface area (TPSA) is 19.4 Å². The largest absolute Gasteiger partial charge is 0.370 e. The van der Waals surface area contributed by atoms with Gasteiger partial charge in [0, 0.05) is 37.2 Å². The monoisotopic (exact) mass is 233 g/mol. The molecule has 1 aliphatic rings. The predicted octanol–water partition coefficient (Wildman–Crippen LogP) is 2.25. The van der Waals surface area contributed by atoms with E-state index in [2.05, 4.69) is 47.9 Å². The molecule has 3 nitrogen and oxygen atoms in total. The Morgan fingerprint density at radius 2 is 2.00 bits per heavy atom. The van der Waals surface area contributed by atoms with Crippen LogP contribution in [-0.4, -0.2) is 43.1 Å². The maximum absolute atomic E-state index is 4.09. The average molecular weight is 233 g/mol. The van der Waals surface area contributed by atoms with E-state index >= 15 is 0 Å². The molecule has 0 saturated carbocycles. The van der Waals surface area contributed by atoms with E-state index in [1.165, 1.54) is 25.1 Å². The van der Waals surface area contributed by atoms with Crippen molar-refractivity contribution in [3.63, 3.8) is 0 Å². The summed E-state index contributed by atoms with van der Waals surface area (Å²) < 4.78 is 0. The van der Waals surface area contributed by atoms with Gasteiger partial charge in [0.25, 0.3) is 0 Å². The van der Waals surface area contributed by atoms with E-state index in [-0.39, 0.29) is 0 Å². The van der Waals surface area contributed by atoms with Crippen molar-refractivity contribution in [2.24, 2.45) is 5.92 Å². The normalized spacial score (nSPS) is 24.6. The molecule has 2 rings (SSSR count). The van der Waals surface area contributed by atoms with Gasteiger partial charge in [-0.25, -0.2) is 0 Å². The van der Waals surface area contributed by atoms with E-state index in [1.807, 2.05) is 12.4 Å². The van der Waals surface area contributed by atoms with Gasteiger partial charge in [-0.1, -0.05) is 13.3 Å². The third kappa shape index (κ3) is 2.78. The second kappa shape index (κ2) is 5.50. The Balaban J connectivity index is 2.09. The summed E-state index contributed by atoms with van der Waals surface area (Å²) >= 11 is 0. The fourth-order valence-corrected chi connectivity index (χ4v) is 2.86. The van der Waals surface area contributed by atoms with E-state index in [4.69, 9.17) is 0 Å². The Hall–Kier alpha value is -1.09. The van der Waals surface area contributed by atoms with Crippen molar-refractivity contribution >= 4 is 5.69 Å². The van der Waals surface area contributed by atoms with E-state index in [9.17, 15) is 0 Å². The zero-order valence-corrected chi connectivity index (χ0v) is 11.1. The molecule has 1 aromatic rings. The number of pyridine rings is 1. The number of nitrogens with zero attached hydrogens (tertiary/aromatic N) is 3. The van der Waals surface area contributed by atoms with Crippen molar-refractivity contribution in [2.75, 3.05) is 32.1 Å². The molecule has 0 spiro atoms. The zero-order valence-electron chi connectivity index (χ0n) is 11.1. The van der Waals surface area contributed by atoms with Gasteiger partial charge in [-0.2, -0.15) is 0 Å². The van der Waals surface area contributed by atoms with Gasteiger partial charge in [0.1, 0.15) is 0 Å². The fourth-order valence-electron chi connectivity index (χ4n) is 2.86. The molecular weight excluding hydrogens is 210 g/mol. The summed E-state index contributed by atoms with van der Waals surface area (Å²) in [6.07, 6.45) is 6.36. The number of anilines is 1. The Kier molecular flexibility index (Phi) is 4.00. The summed E-state index contributed by atoms with van der Waals surface area (Å²) in [5.41, 5.74) is 1.31. The highest BCUT2D eigenvalue weighted by Gasteiger charge is 2.33. The number of likely N-dealkylation sites (N-methyl/N-ethyl adjacent to an activating group) is 1. The van der Waals surface area contributed by atoms with E-state index in [0.29, 0.717) is 6.04 Å². The Bertz CT molecular complexity index is 337. The van der Waals surface area contributed by atoms with Gasteiger partial charge in [0.15, 0.2) is 0 Å². The van der Waals surface area contributed by atoms with Crippen LogP contribution in [0.4, 0.5) is 5.69 Å². The van der Waals surface area contributed by atoms with Crippen LogP contribution in [0.25, 0.3) is 0 Å². The van der Waals surface area contributed by atoms with Crippen molar-refractivity contribution in [1.29, 1.82) is 0 Å². The molecule has 0 aromatic carbocycles. The first-order valence-corrected chi connectivity index (χ1v) is 6.53. The standard InChI is InChI=1S/C14H23N3/c1-4-5-12-10-17(11-14(12)16(2)3)13-6-8-15-9-7-13/h6-9,12,14H,4-5,10-11H2,1-3H3/t12-,14-/m1/s1. The van der Waals surface area contributed by atoms with Crippen LogP contribution in [0.2, 0.25) is 0 Å². The minimum absolute atomic E-state index is 0.683. The van der Waals surface area contributed by atoms with Gasteiger partial charge in [-0.3, -0.25) is 4.98 Å². The molecule has 3 heteroatoms. The van der Waals surface area contributed by atoms with Crippen LogP contribution in [-0.2, 0) is 0 Å². The van der Waals surface area contributed by atoms with Crippen LogP contribution in [0.15, 0.2) is 24.5 Å². The van der Waals surface area contributed by atoms with Crippen molar-refractivity contribution in [3.8, 4) is 0 Å². The second-order valence-corrected chi connectivity index (χ2v) is 5.19. The Morgan fingerprint density at radius 3 is 2.59 bits per heavy atom. The summed E-state index contributed by atoms with van der Waals surface area (Å²) in [5.74, 6) is 0.795. The van der Waals surface area contributed by atoms with Gasteiger partial charge in [-0.05, 0) is 38.6 Å². The lowest BCUT2D eigenvalue weighted by Gasteiger charge is -2.24. The molecule has 94 valence electrons. The van der Waals surface area contributed by atoms with E-state index in [1.54, 1.807) is 0 Å². The molecule has 1 saturated heterocycles. The third-order valence-corrected chi connectivity index (χ3v) is 3.76. The fraction of sp³-hybridized carbons (Fsp3) is 0.643. The second-order valence-electron chi connectivity index (χ2n) is 5.19. The summed E-state index contributed by atoms with van der Waals surface area (Å²) in [5, 5.41) is 0. The van der Waals surface area contributed by atoms with Crippen molar-refractivity contribution in [1.82, 2.24) is 9.88 Å². The summed E-state index contributed by atoms with van der Waals surface area (Å²) in [6.45, 7) is 4.60. The lowest BCUT2D eigenvalue weighted by atomic mass is 9.98. The first-order valence-electron chi connectivity index (χ1n) is 6.53. The van der Waals surface area contributed by atoms with Crippen LogP contribution in [0.1, 0.15) is 19.8 Å². The number of hydrogen-bond acceptors (Lipinski definition) is 3. The van der Waals surface area contributed by atoms with Gasteiger partial charge in [0.05, 0.1) is 0 Å². The van der Waals surface area contributed by atoms with Crippen LogP contribution < -0.4 is 4.90 Å². The SMILES string of the molecule is CCC[C@@H]1CN(c2ccncc2)C[C@H]1N(C)C. The first kappa shape index (κ1) is 12.4. The molecule has 1 aromatic heterocycles. The van der Waals surface area contributed by atoms with Gasteiger partial charge < -0.3 is 9.80 Å². The third-order valence-electron chi connectivity index (χ3n) is 3.76. The highest BCUT2D eigenvalue weighted by molar-refractivity contribution is 5.46. The molecule has 17 heavy (non-hydrogen) atoms. The molecule has 1 aliphatic heterocycles.